The van der Waals surface area contributed by atoms with E-state index in [1.54, 1.807) is 23.7 Å². The number of nitrogens with one attached hydrogen (secondary N) is 1. The first-order valence-corrected chi connectivity index (χ1v) is 13.4. The lowest BCUT2D eigenvalue weighted by molar-refractivity contribution is -0.148. The second-order valence-electron chi connectivity index (χ2n) is 9.84. The Morgan fingerprint density at radius 3 is 2.57 bits per heavy atom. The molecule has 1 aliphatic carbocycles. The van der Waals surface area contributed by atoms with E-state index in [4.69, 9.17) is 4.98 Å². The topological polar surface area (TPSA) is 84.7 Å². The zero-order chi connectivity index (χ0) is 25.4. The molecule has 0 amide bonds. The number of halogens is 3. The number of hydrogen-bond acceptors (Lipinski definition) is 8. The highest BCUT2D eigenvalue weighted by Crippen LogP contribution is 2.37. The summed E-state index contributed by atoms with van der Waals surface area (Å²) >= 11 is 1.59. The highest BCUT2D eigenvalue weighted by atomic mass is 32.1. The maximum atomic E-state index is 12.7. The molecule has 0 aromatic carbocycles. The zero-order valence-corrected chi connectivity index (χ0v) is 21.0. The minimum atomic E-state index is -4.16. The molecule has 4 aromatic heterocycles. The van der Waals surface area contributed by atoms with Crippen molar-refractivity contribution in [1.29, 1.82) is 0 Å². The number of alkyl halides is 3. The number of hydrogen-bond donors (Lipinski definition) is 1. The molecule has 4 aromatic rings. The van der Waals surface area contributed by atoms with Crippen molar-refractivity contribution in [3.63, 3.8) is 0 Å². The summed E-state index contributed by atoms with van der Waals surface area (Å²) in [5.74, 6) is 1.21. The molecule has 8 nitrogen and oxygen atoms in total. The van der Waals surface area contributed by atoms with Gasteiger partial charge in [0.1, 0.15) is 10.8 Å². The van der Waals surface area contributed by atoms with Gasteiger partial charge >= 0.3 is 6.18 Å². The zero-order valence-electron chi connectivity index (χ0n) is 20.2. The Labute approximate surface area is 215 Å². The molecule has 0 atom stereocenters. The van der Waals surface area contributed by atoms with Gasteiger partial charge in [0.15, 0.2) is 0 Å². The van der Waals surface area contributed by atoms with Crippen LogP contribution in [0.5, 0.6) is 0 Å². The Hall–Kier alpha value is -3.12. The quantitative estimate of drug-likeness (QED) is 0.331. The number of anilines is 2. The Balaban J connectivity index is 1.14. The number of piperidine rings is 1. The molecule has 1 aliphatic heterocycles. The summed E-state index contributed by atoms with van der Waals surface area (Å²) < 4.78 is 39.9. The Bertz CT molecular complexity index is 1370. The number of pyridine rings is 2. The molecule has 5 heterocycles. The Morgan fingerprint density at radius 2 is 1.78 bits per heavy atom. The van der Waals surface area contributed by atoms with Gasteiger partial charge in [-0.15, -0.1) is 10.2 Å². The summed E-state index contributed by atoms with van der Waals surface area (Å²) in [5.41, 5.74) is 3.31. The molecular weight excluding hydrogens is 501 g/mol. The number of nitrogens with zero attached hydrogens (tertiary/aromatic N) is 7. The molecule has 37 heavy (non-hydrogen) atoms. The molecule has 12 heteroatoms. The van der Waals surface area contributed by atoms with E-state index in [9.17, 15) is 13.2 Å². The minimum Gasteiger partial charge on any atom is -0.315 e. The van der Waals surface area contributed by atoms with Gasteiger partial charge in [0.25, 0.3) is 0 Å². The second-order valence-corrected chi connectivity index (χ2v) is 10.9. The molecule has 6 rings (SSSR count). The molecule has 0 spiro atoms. The first kappa shape index (κ1) is 24.2. The van der Waals surface area contributed by atoms with Gasteiger partial charge in [-0.2, -0.15) is 18.3 Å². The summed E-state index contributed by atoms with van der Waals surface area (Å²) in [6, 6.07) is 5.87. The summed E-state index contributed by atoms with van der Waals surface area (Å²) in [6.45, 7) is -0.0296. The number of rotatable bonds is 6. The van der Waals surface area contributed by atoms with Gasteiger partial charge in [-0.05, 0) is 43.9 Å². The van der Waals surface area contributed by atoms with Crippen LogP contribution in [0.1, 0.15) is 55.5 Å². The molecular formula is C25H27F3N8S. The summed E-state index contributed by atoms with van der Waals surface area (Å²) in [4.78, 5) is 10.8. The standard InChI is InChI=1S/C25H27F3N8S/c26-25(27,28)15-35-9-7-19(8-10-35)36-14-18(13-30-36)17-11-21-20(29-12-17)5-6-22(31-21)32-24-34-33-23(37-24)16-3-1-2-4-16/h5-6,11-14,16,19H,1-4,7-10,15H2,(H,31,32,34). The Morgan fingerprint density at radius 1 is 0.973 bits per heavy atom. The maximum Gasteiger partial charge on any atom is 0.401 e. The largest absolute Gasteiger partial charge is 0.401 e. The first-order valence-electron chi connectivity index (χ1n) is 12.6. The molecule has 0 bridgehead atoms. The van der Waals surface area contributed by atoms with Crippen LogP contribution in [0.15, 0.2) is 36.8 Å². The smallest absolute Gasteiger partial charge is 0.315 e. The number of aromatic nitrogens is 6. The van der Waals surface area contributed by atoms with Crippen LogP contribution in [0.25, 0.3) is 22.2 Å². The van der Waals surface area contributed by atoms with Crippen molar-refractivity contribution < 1.29 is 13.2 Å². The third-order valence-electron chi connectivity index (χ3n) is 7.19. The SMILES string of the molecule is FC(F)(F)CN1CCC(n2cc(-c3cnc4ccc(Nc5nnc(C6CCCC6)s5)nc4c3)cn2)CC1. The van der Waals surface area contributed by atoms with E-state index in [2.05, 4.69) is 25.6 Å². The van der Waals surface area contributed by atoms with Crippen molar-refractivity contribution >= 4 is 33.3 Å². The van der Waals surface area contributed by atoms with Crippen LogP contribution in [-0.2, 0) is 0 Å². The normalized spacial score (nSPS) is 18.1. The van der Waals surface area contributed by atoms with Gasteiger partial charge in [-0.3, -0.25) is 14.6 Å². The van der Waals surface area contributed by atoms with E-state index >= 15 is 0 Å². The van der Waals surface area contributed by atoms with Crippen LogP contribution in [0.2, 0.25) is 0 Å². The van der Waals surface area contributed by atoms with Gasteiger partial charge in [0.2, 0.25) is 5.13 Å². The molecule has 1 N–H and O–H groups in total. The molecule has 2 fully saturated rings. The van der Waals surface area contributed by atoms with E-state index < -0.39 is 12.7 Å². The van der Waals surface area contributed by atoms with Crippen LogP contribution < -0.4 is 5.32 Å². The molecule has 2 aliphatic rings. The lowest BCUT2D eigenvalue weighted by atomic mass is 10.1. The molecule has 1 saturated carbocycles. The van der Waals surface area contributed by atoms with Crippen molar-refractivity contribution in [2.24, 2.45) is 0 Å². The molecule has 194 valence electrons. The van der Waals surface area contributed by atoms with E-state index in [-0.39, 0.29) is 6.04 Å². The summed E-state index contributed by atoms with van der Waals surface area (Å²) in [5, 5.41) is 18.3. The van der Waals surface area contributed by atoms with Crippen LogP contribution in [0.4, 0.5) is 24.1 Å². The second kappa shape index (κ2) is 9.97. The van der Waals surface area contributed by atoms with Crippen molar-refractivity contribution in [3.05, 3.63) is 41.8 Å². The Kier molecular flexibility index (Phi) is 6.53. The van der Waals surface area contributed by atoms with Crippen LogP contribution in [0, 0.1) is 0 Å². The van der Waals surface area contributed by atoms with Crippen molar-refractivity contribution in [2.75, 3.05) is 25.0 Å². The summed E-state index contributed by atoms with van der Waals surface area (Å²) in [7, 11) is 0. The third-order valence-corrected chi connectivity index (χ3v) is 8.19. The van der Waals surface area contributed by atoms with Crippen molar-refractivity contribution in [1.82, 2.24) is 34.8 Å². The van der Waals surface area contributed by atoms with Gasteiger partial charge in [-0.1, -0.05) is 24.2 Å². The molecule has 1 saturated heterocycles. The van der Waals surface area contributed by atoms with E-state index in [0.717, 1.165) is 32.3 Å². The fourth-order valence-corrected chi connectivity index (χ4v) is 6.17. The number of fused-ring (bicyclic) bond motifs is 1. The first-order chi connectivity index (χ1) is 17.9. The molecule has 0 unspecified atom stereocenters. The minimum absolute atomic E-state index is 0.0848. The average molecular weight is 529 g/mol. The maximum absolute atomic E-state index is 12.7. The van der Waals surface area contributed by atoms with E-state index in [0.29, 0.717) is 37.7 Å². The van der Waals surface area contributed by atoms with Crippen LogP contribution in [0.3, 0.4) is 0 Å². The fraction of sp³-hybridized carbons (Fsp3) is 0.480. The van der Waals surface area contributed by atoms with Gasteiger partial charge < -0.3 is 5.32 Å². The van der Waals surface area contributed by atoms with Crippen LogP contribution >= 0.6 is 11.3 Å². The average Bonchev–Trinajstić information content (AvgIpc) is 3.65. The number of likely N-dealkylation sites (tertiary alicyclic amines) is 1. The van der Waals surface area contributed by atoms with Gasteiger partial charge in [-0.25, -0.2) is 4.98 Å². The lowest BCUT2D eigenvalue weighted by Crippen LogP contribution is -2.40. The van der Waals surface area contributed by atoms with Gasteiger partial charge in [0, 0.05) is 42.5 Å². The van der Waals surface area contributed by atoms with E-state index in [1.165, 1.54) is 30.6 Å². The highest BCUT2D eigenvalue weighted by molar-refractivity contribution is 7.15. The fourth-order valence-electron chi connectivity index (χ4n) is 5.25. The van der Waals surface area contributed by atoms with E-state index in [1.807, 2.05) is 29.1 Å². The van der Waals surface area contributed by atoms with Crippen LogP contribution in [-0.4, -0.2) is 60.7 Å². The predicted molar refractivity (Wildman–Crippen MR) is 136 cm³/mol. The van der Waals surface area contributed by atoms with Crippen molar-refractivity contribution in [3.8, 4) is 11.1 Å². The summed E-state index contributed by atoms with van der Waals surface area (Å²) in [6.07, 6.45) is 7.52. The van der Waals surface area contributed by atoms with Crippen molar-refractivity contribution in [2.45, 2.75) is 56.7 Å². The lowest BCUT2D eigenvalue weighted by Gasteiger charge is -2.32. The third kappa shape index (κ3) is 5.59. The molecule has 0 radical (unpaired) electrons. The monoisotopic (exact) mass is 528 g/mol. The highest BCUT2D eigenvalue weighted by Gasteiger charge is 2.33. The predicted octanol–water partition coefficient (Wildman–Crippen LogP) is 5.95. The van der Waals surface area contributed by atoms with Gasteiger partial charge in [0.05, 0.1) is 29.8 Å².